The standard InChI is InChI=1S/C14H23N3O3/c1-5-7-10-9-11(17-16-10)12(18)15-14(3,8-6-2)13(19)20-4/h9H,5-8H2,1-4H3,(H,15,18)(H,16,17). The first-order chi connectivity index (χ1) is 9.46. The van der Waals surface area contributed by atoms with Gasteiger partial charge in [-0.15, -0.1) is 0 Å². The van der Waals surface area contributed by atoms with E-state index < -0.39 is 11.5 Å². The molecule has 112 valence electrons. The molecule has 0 aromatic carbocycles. The molecule has 0 saturated heterocycles. The van der Waals surface area contributed by atoms with Crippen molar-refractivity contribution in [3.8, 4) is 0 Å². The van der Waals surface area contributed by atoms with Gasteiger partial charge in [-0.25, -0.2) is 4.79 Å². The van der Waals surface area contributed by atoms with E-state index in [-0.39, 0.29) is 5.91 Å². The SMILES string of the molecule is CCCc1cc(C(=O)NC(C)(CCC)C(=O)OC)n[nH]1. The number of hydrogen-bond acceptors (Lipinski definition) is 4. The molecule has 1 amide bonds. The molecule has 0 aliphatic rings. The van der Waals surface area contributed by atoms with Crippen LogP contribution in [-0.4, -0.2) is 34.7 Å². The highest BCUT2D eigenvalue weighted by atomic mass is 16.5. The molecule has 6 heteroatoms. The van der Waals surface area contributed by atoms with E-state index in [1.807, 2.05) is 6.92 Å². The number of nitrogens with zero attached hydrogens (tertiary/aromatic N) is 1. The van der Waals surface area contributed by atoms with Gasteiger partial charge in [0.15, 0.2) is 0 Å². The molecule has 0 fully saturated rings. The van der Waals surface area contributed by atoms with E-state index in [4.69, 9.17) is 4.74 Å². The summed E-state index contributed by atoms with van der Waals surface area (Å²) in [5.74, 6) is -0.818. The Morgan fingerprint density at radius 2 is 2.10 bits per heavy atom. The van der Waals surface area contributed by atoms with E-state index in [9.17, 15) is 9.59 Å². The molecule has 0 radical (unpaired) electrons. The minimum absolute atomic E-state index is 0.291. The number of carbonyl (C=O) groups excluding carboxylic acids is 2. The fourth-order valence-electron chi connectivity index (χ4n) is 2.13. The van der Waals surface area contributed by atoms with Gasteiger partial charge in [-0.3, -0.25) is 9.89 Å². The summed E-state index contributed by atoms with van der Waals surface area (Å²) in [7, 11) is 1.32. The molecule has 0 spiro atoms. The van der Waals surface area contributed by atoms with Crippen molar-refractivity contribution in [2.24, 2.45) is 0 Å². The Morgan fingerprint density at radius 1 is 1.40 bits per heavy atom. The summed E-state index contributed by atoms with van der Waals surface area (Å²) in [5.41, 5.74) is 0.178. The third kappa shape index (κ3) is 3.82. The van der Waals surface area contributed by atoms with Gasteiger partial charge in [0.2, 0.25) is 0 Å². The summed E-state index contributed by atoms with van der Waals surface area (Å²) in [6.07, 6.45) is 3.08. The lowest BCUT2D eigenvalue weighted by Gasteiger charge is -2.27. The number of aromatic nitrogens is 2. The average Bonchev–Trinajstić information content (AvgIpc) is 2.87. The molecule has 20 heavy (non-hydrogen) atoms. The van der Waals surface area contributed by atoms with Crippen molar-refractivity contribution >= 4 is 11.9 Å². The van der Waals surface area contributed by atoms with Crippen LogP contribution in [0, 0.1) is 0 Å². The van der Waals surface area contributed by atoms with E-state index in [0.29, 0.717) is 12.1 Å². The van der Waals surface area contributed by atoms with Gasteiger partial charge in [-0.1, -0.05) is 26.7 Å². The van der Waals surface area contributed by atoms with E-state index in [2.05, 4.69) is 22.4 Å². The molecular weight excluding hydrogens is 258 g/mol. The van der Waals surface area contributed by atoms with Gasteiger partial charge >= 0.3 is 5.97 Å². The Kier molecular flexibility index (Phi) is 5.73. The van der Waals surface area contributed by atoms with Crippen LogP contribution in [0.3, 0.4) is 0 Å². The first kappa shape index (κ1) is 16.2. The van der Waals surface area contributed by atoms with Crippen molar-refractivity contribution in [1.82, 2.24) is 15.5 Å². The average molecular weight is 281 g/mol. The molecule has 1 aromatic heterocycles. The summed E-state index contributed by atoms with van der Waals surface area (Å²) in [5, 5.41) is 9.52. The molecule has 0 bridgehead atoms. The minimum atomic E-state index is -1.02. The van der Waals surface area contributed by atoms with Crippen LogP contribution in [0.1, 0.15) is 56.2 Å². The second-order valence-corrected chi connectivity index (χ2v) is 5.06. The number of esters is 1. The zero-order chi connectivity index (χ0) is 15.2. The van der Waals surface area contributed by atoms with Crippen LogP contribution in [0.2, 0.25) is 0 Å². The molecule has 2 N–H and O–H groups in total. The zero-order valence-corrected chi connectivity index (χ0v) is 12.6. The summed E-state index contributed by atoms with van der Waals surface area (Å²) in [6.45, 7) is 5.66. The number of methoxy groups -OCH3 is 1. The number of aromatic amines is 1. The van der Waals surface area contributed by atoms with Crippen LogP contribution >= 0.6 is 0 Å². The molecule has 1 heterocycles. The maximum Gasteiger partial charge on any atom is 0.331 e. The molecule has 1 unspecified atom stereocenters. The van der Waals surface area contributed by atoms with E-state index in [1.54, 1.807) is 13.0 Å². The van der Waals surface area contributed by atoms with Crippen molar-refractivity contribution < 1.29 is 14.3 Å². The predicted octanol–water partition coefficient (Wildman–Crippen LogP) is 1.82. The smallest absolute Gasteiger partial charge is 0.331 e. The van der Waals surface area contributed by atoms with E-state index in [0.717, 1.165) is 25.0 Å². The summed E-state index contributed by atoms with van der Waals surface area (Å²) >= 11 is 0. The van der Waals surface area contributed by atoms with Gasteiger partial charge < -0.3 is 10.1 Å². The molecule has 0 aliphatic carbocycles. The molecule has 6 nitrogen and oxygen atoms in total. The highest BCUT2D eigenvalue weighted by molar-refractivity contribution is 5.96. The fraction of sp³-hybridized carbons (Fsp3) is 0.643. The van der Waals surface area contributed by atoms with E-state index in [1.165, 1.54) is 7.11 Å². The van der Waals surface area contributed by atoms with E-state index >= 15 is 0 Å². The fourth-order valence-corrected chi connectivity index (χ4v) is 2.13. The number of rotatable bonds is 7. The number of hydrogen-bond donors (Lipinski definition) is 2. The van der Waals surface area contributed by atoms with Gasteiger partial charge in [0.1, 0.15) is 11.2 Å². The van der Waals surface area contributed by atoms with Crippen molar-refractivity contribution in [1.29, 1.82) is 0 Å². The number of amides is 1. The normalized spacial score (nSPS) is 13.6. The van der Waals surface area contributed by atoms with Gasteiger partial charge in [0, 0.05) is 5.69 Å². The predicted molar refractivity (Wildman–Crippen MR) is 75.4 cm³/mol. The number of aryl methyl sites for hydroxylation is 1. The van der Waals surface area contributed by atoms with Gasteiger partial charge in [0.05, 0.1) is 7.11 Å². The first-order valence-corrected chi connectivity index (χ1v) is 6.92. The third-order valence-electron chi connectivity index (χ3n) is 3.16. The molecule has 1 aromatic rings. The van der Waals surface area contributed by atoms with Crippen LogP contribution in [0.25, 0.3) is 0 Å². The maximum absolute atomic E-state index is 12.2. The van der Waals surface area contributed by atoms with Crippen LogP contribution in [0.4, 0.5) is 0 Å². The monoisotopic (exact) mass is 281 g/mol. The molecule has 1 atom stereocenters. The van der Waals surface area contributed by atoms with Crippen LogP contribution in [0.15, 0.2) is 6.07 Å². The quantitative estimate of drug-likeness (QED) is 0.747. The minimum Gasteiger partial charge on any atom is -0.467 e. The van der Waals surface area contributed by atoms with Gasteiger partial charge in [0.25, 0.3) is 5.91 Å². The largest absolute Gasteiger partial charge is 0.467 e. The van der Waals surface area contributed by atoms with Crippen LogP contribution in [-0.2, 0) is 16.0 Å². The number of H-pyrrole nitrogens is 1. The number of carbonyl (C=O) groups is 2. The van der Waals surface area contributed by atoms with Crippen molar-refractivity contribution in [3.63, 3.8) is 0 Å². The second-order valence-electron chi connectivity index (χ2n) is 5.06. The van der Waals surface area contributed by atoms with Crippen LogP contribution in [0.5, 0.6) is 0 Å². The van der Waals surface area contributed by atoms with Crippen molar-refractivity contribution in [3.05, 3.63) is 17.5 Å². The van der Waals surface area contributed by atoms with Crippen LogP contribution < -0.4 is 5.32 Å². The molecule has 1 rings (SSSR count). The first-order valence-electron chi connectivity index (χ1n) is 6.92. The lowest BCUT2D eigenvalue weighted by atomic mass is 9.96. The summed E-state index contributed by atoms with van der Waals surface area (Å²) in [6, 6.07) is 1.71. The Bertz CT molecular complexity index is 470. The second kappa shape index (κ2) is 7.07. The lowest BCUT2D eigenvalue weighted by Crippen LogP contribution is -2.52. The Labute approximate surface area is 119 Å². The lowest BCUT2D eigenvalue weighted by molar-refractivity contribution is -0.147. The highest BCUT2D eigenvalue weighted by Crippen LogP contribution is 2.15. The van der Waals surface area contributed by atoms with Crippen molar-refractivity contribution in [2.75, 3.05) is 7.11 Å². The summed E-state index contributed by atoms with van der Waals surface area (Å²) in [4.78, 5) is 24.0. The third-order valence-corrected chi connectivity index (χ3v) is 3.16. The Balaban J connectivity index is 2.82. The molecule has 0 saturated carbocycles. The topological polar surface area (TPSA) is 84.1 Å². The van der Waals surface area contributed by atoms with Gasteiger partial charge in [-0.2, -0.15) is 5.10 Å². The van der Waals surface area contributed by atoms with Gasteiger partial charge in [-0.05, 0) is 25.8 Å². The molecule has 0 aliphatic heterocycles. The van der Waals surface area contributed by atoms with Crippen molar-refractivity contribution in [2.45, 2.75) is 52.0 Å². The zero-order valence-electron chi connectivity index (χ0n) is 12.6. The Hall–Kier alpha value is -1.85. The highest BCUT2D eigenvalue weighted by Gasteiger charge is 2.35. The summed E-state index contributed by atoms with van der Waals surface area (Å²) < 4.78 is 4.77. The number of nitrogens with one attached hydrogen (secondary N) is 2. The Morgan fingerprint density at radius 3 is 2.65 bits per heavy atom. The maximum atomic E-state index is 12.2. The number of ether oxygens (including phenoxy) is 1. The molecular formula is C14H23N3O3.